The Labute approximate surface area is 300 Å². The Morgan fingerprint density at radius 2 is 1.76 bits per heavy atom. The Balaban J connectivity index is 1.73. The van der Waals surface area contributed by atoms with Crippen molar-refractivity contribution in [2.24, 2.45) is 17.8 Å². The van der Waals surface area contributed by atoms with Crippen molar-refractivity contribution in [2.75, 3.05) is 19.7 Å². The number of carbonyl (C=O) groups excluding carboxylic acids is 6. The third-order valence-electron chi connectivity index (χ3n) is 8.55. The maximum absolute atomic E-state index is 14.1. The number of hydrogen-bond donors (Lipinski definition) is 5. The van der Waals surface area contributed by atoms with Crippen LogP contribution in [0.4, 0.5) is 9.59 Å². The second-order valence-electron chi connectivity index (χ2n) is 14.5. The van der Waals surface area contributed by atoms with Gasteiger partial charge < -0.3 is 40.8 Å². The summed E-state index contributed by atoms with van der Waals surface area (Å²) in [6, 6.07) is 7.47. The van der Waals surface area contributed by atoms with E-state index in [4.69, 9.17) is 14.2 Å². The van der Waals surface area contributed by atoms with E-state index in [1.54, 1.807) is 27.7 Å². The maximum atomic E-state index is 14.1. The number of alkyl carbamates (subject to hydrolysis) is 2. The molecule has 5 N–H and O–H groups in total. The zero-order valence-corrected chi connectivity index (χ0v) is 30.7. The molecular formula is C37H55N5O9. The lowest BCUT2D eigenvalue weighted by atomic mass is 9.96. The molecule has 5 atom stereocenters. The van der Waals surface area contributed by atoms with Gasteiger partial charge in [0.25, 0.3) is 0 Å². The molecule has 0 spiro atoms. The number of hydrogen-bond acceptors (Lipinski definition) is 9. The Morgan fingerprint density at radius 1 is 1.04 bits per heavy atom. The lowest BCUT2D eigenvalue weighted by molar-refractivity contribution is -0.137. The van der Waals surface area contributed by atoms with Gasteiger partial charge in [0.2, 0.25) is 17.7 Å². The summed E-state index contributed by atoms with van der Waals surface area (Å²) < 4.78 is 15.7. The normalized spacial score (nSPS) is 20.9. The largest absolute Gasteiger partial charge is 0.463 e. The van der Waals surface area contributed by atoms with Crippen molar-refractivity contribution in [3.05, 3.63) is 48.0 Å². The highest BCUT2D eigenvalue weighted by Gasteiger charge is 2.61. The SMILES string of the molecule is CCOC(=O)/C=C/[C@H](C[C@@H]1CCNC1=O)NC(=O)[C@H](CC(C)C)NC(=O)C1(NC(=O)OCc2ccccc2)C[C@H]1CCCNC(=O)OC(C)(C)C. The zero-order chi connectivity index (χ0) is 37.6. The number of amides is 5. The molecule has 1 aromatic rings. The number of benzene rings is 1. The standard InChI is InChI=1S/C37H55N5O9/c1-7-49-30(43)16-15-28(21-26-17-19-38-31(26)44)40-32(45)29(20-24(2)3)41-33(46)37(42-35(48)50-23-25-12-9-8-10-13-25)22-27(37)14-11-18-39-34(47)51-36(4,5)6/h8-10,12-13,15-16,24,26-29H,7,11,14,17-23H2,1-6H3,(H,38,44)(H,39,47)(H,40,45)(H,41,46)(H,42,48)/b16-15+/t26-,27+,28+,29-,37?/m0/s1. The van der Waals surface area contributed by atoms with E-state index in [0.717, 1.165) is 5.56 Å². The van der Waals surface area contributed by atoms with E-state index in [1.165, 1.54) is 12.2 Å². The molecule has 1 unspecified atom stereocenters. The first kappa shape index (κ1) is 40.8. The molecule has 1 aromatic carbocycles. The van der Waals surface area contributed by atoms with Crippen LogP contribution in [0.3, 0.4) is 0 Å². The average molecular weight is 714 g/mol. The molecule has 1 aliphatic carbocycles. The first-order valence-electron chi connectivity index (χ1n) is 17.8. The third-order valence-corrected chi connectivity index (χ3v) is 8.55. The van der Waals surface area contributed by atoms with Crippen molar-refractivity contribution >= 4 is 35.9 Å². The second-order valence-corrected chi connectivity index (χ2v) is 14.5. The fourth-order valence-corrected chi connectivity index (χ4v) is 5.98. The fourth-order valence-electron chi connectivity index (χ4n) is 5.98. The van der Waals surface area contributed by atoms with Gasteiger partial charge in [-0.3, -0.25) is 14.4 Å². The van der Waals surface area contributed by atoms with Gasteiger partial charge in [-0.2, -0.15) is 0 Å². The molecule has 2 fully saturated rings. The molecule has 1 saturated heterocycles. The van der Waals surface area contributed by atoms with Gasteiger partial charge in [-0.15, -0.1) is 0 Å². The average Bonchev–Trinajstić information content (AvgIpc) is 3.60. The van der Waals surface area contributed by atoms with E-state index in [1.807, 2.05) is 44.2 Å². The molecule has 1 saturated carbocycles. The number of esters is 1. The van der Waals surface area contributed by atoms with Gasteiger partial charge >= 0.3 is 18.2 Å². The van der Waals surface area contributed by atoms with Crippen LogP contribution in [0.1, 0.15) is 85.6 Å². The minimum atomic E-state index is -1.33. The first-order valence-corrected chi connectivity index (χ1v) is 17.8. The first-order chi connectivity index (χ1) is 24.1. The Hall–Kier alpha value is -4.62. The van der Waals surface area contributed by atoms with Gasteiger partial charge in [-0.1, -0.05) is 50.3 Å². The molecule has 282 valence electrons. The summed E-state index contributed by atoms with van der Waals surface area (Å²) in [6.45, 7) is 11.9. The van der Waals surface area contributed by atoms with E-state index < -0.39 is 53.2 Å². The smallest absolute Gasteiger partial charge is 0.408 e. The minimum Gasteiger partial charge on any atom is -0.463 e. The Kier molecular flexibility index (Phi) is 15.3. The number of nitrogens with one attached hydrogen (secondary N) is 5. The van der Waals surface area contributed by atoms with Crippen LogP contribution in [0, 0.1) is 17.8 Å². The van der Waals surface area contributed by atoms with Crippen molar-refractivity contribution in [2.45, 2.75) is 110 Å². The predicted octanol–water partition coefficient (Wildman–Crippen LogP) is 3.64. The lowest BCUT2D eigenvalue weighted by Gasteiger charge is -2.27. The number of carbonyl (C=O) groups is 6. The minimum absolute atomic E-state index is 0.00357. The monoisotopic (exact) mass is 713 g/mol. The van der Waals surface area contributed by atoms with Crippen LogP contribution < -0.4 is 26.6 Å². The van der Waals surface area contributed by atoms with E-state index in [9.17, 15) is 28.8 Å². The molecule has 0 radical (unpaired) electrons. The van der Waals surface area contributed by atoms with Gasteiger partial charge in [0, 0.05) is 31.1 Å². The van der Waals surface area contributed by atoms with Crippen molar-refractivity contribution in [1.82, 2.24) is 26.6 Å². The molecule has 51 heavy (non-hydrogen) atoms. The van der Waals surface area contributed by atoms with Crippen LogP contribution in [0.5, 0.6) is 0 Å². The topological polar surface area (TPSA) is 190 Å². The van der Waals surface area contributed by atoms with Crippen molar-refractivity contribution < 1.29 is 43.0 Å². The summed E-state index contributed by atoms with van der Waals surface area (Å²) in [5.41, 5.74) is -1.19. The lowest BCUT2D eigenvalue weighted by Crippen LogP contribution is -2.57. The van der Waals surface area contributed by atoms with Crippen molar-refractivity contribution in [1.29, 1.82) is 0 Å². The van der Waals surface area contributed by atoms with Crippen LogP contribution in [-0.2, 0) is 40.0 Å². The summed E-state index contributed by atoms with van der Waals surface area (Å²) in [7, 11) is 0. The van der Waals surface area contributed by atoms with E-state index >= 15 is 0 Å². The molecule has 3 rings (SSSR count). The van der Waals surface area contributed by atoms with E-state index in [2.05, 4.69) is 26.6 Å². The quantitative estimate of drug-likeness (QED) is 0.0655. The molecule has 1 aliphatic heterocycles. The fraction of sp³-hybridized carbons (Fsp3) is 0.622. The Morgan fingerprint density at radius 3 is 2.39 bits per heavy atom. The van der Waals surface area contributed by atoms with Gasteiger partial charge in [0.1, 0.15) is 23.8 Å². The maximum Gasteiger partial charge on any atom is 0.408 e. The van der Waals surface area contributed by atoms with Gasteiger partial charge in [0.05, 0.1) is 6.61 Å². The second kappa shape index (κ2) is 19.1. The highest BCUT2D eigenvalue weighted by Crippen LogP contribution is 2.47. The number of rotatable bonds is 18. The molecule has 0 aromatic heterocycles. The summed E-state index contributed by atoms with van der Waals surface area (Å²) in [4.78, 5) is 77.4. The molecular weight excluding hydrogens is 658 g/mol. The molecule has 14 nitrogen and oxygen atoms in total. The zero-order valence-electron chi connectivity index (χ0n) is 30.7. The third kappa shape index (κ3) is 13.9. The predicted molar refractivity (Wildman–Crippen MR) is 189 cm³/mol. The van der Waals surface area contributed by atoms with Crippen LogP contribution in [0.2, 0.25) is 0 Å². The molecule has 0 bridgehead atoms. The van der Waals surface area contributed by atoms with E-state index in [0.29, 0.717) is 38.8 Å². The van der Waals surface area contributed by atoms with Crippen LogP contribution in [0.15, 0.2) is 42.5 Å². The Bertz CT molecular complexity index is 1390. The van der Waals surface area contributed by atoms with E-state index in [-0.39, 0.29) is 49.7 Å². The summed E-state index contributed by atoms with van der Waals surface area (Å²) in [5, 5.41) is 14.1. The summed E-state index contributed by atoms with van der Waals surface area (Å²) in [5.74, 6) is -2.36. The van der Waals surface area contributed by atoms with Crippen LogP contribution in [0.25, 0.3) is 0 Å². The summed E-state index contributed by atoms with van der Waals surface area (Å²) >= 11 is 0. The molecule has 2 aliphatic rings. The highest BCUT2D eigenvalue weighted by molar-refractivity contribution is 5.97. The summed E-state index contributed by atoms with van der Waals surface area (Å²) in [6.07, 6.45) is 3.86. The molecule has 14 heteroatoms. The number of ether oxygens (including phenoxy) is 3. The van der Waals surface area contributed by atoms with Gasteiger partial charge in [-0.25, -0.2) is 14.4 Å². The molecule has 5 amide bonds. The highest BCUT2D eigenvalue weighted by atomic mass is 16.6. The molecule has 1 heterocycles. The van der Waals surface area contributed by atoms with Gasteiger partial charge in [0.15, 0.2) is 0 Å². The van der Waals surface area contributed by atoms with Crippen LogP contribution in [-0.4, -0.2) is 78.8 Å². The van der Waals surface area contributed by atoms with Crippen molar-refractivity contribution in [3.8, 4) is 0 Å². The van der Waals surface area contributed by atoms with Crippen molar-refractivity contribution in [3.63, 3.8) is 0 Å². The van der Waals surface area contributed by atoms with Crippen LogP contribution >= 0.6 is 0 Å². The van der Waals surface area contributed by atoms with Gasteiger partial charge in [-0.05, 0) is 83.6 Å².